The molecule has 3 unspecified atom stereocenters. The highest BCUT2D eigenvalue weighted by Gasteiger charge is 2.31. The molecule has 48 heavy (non-hydrogen) atoms. The molecule has 5 N–H and O–H groups in total. The van der Waals surface area contributed by atoms with E-state index >= 15 is 0 Å². The maximum absolute atomic E-state index is 12.0. The van der Waals surface area contributed by atoms with Crippen LogP contribution in [0.3, 0.4) is 0 Å². The number of aliphatic hydroxyl groups is 3. The molecule has 17 heteroatoms. The predicted molar refractivity (Wildman–Crippen MR) is 172 cm³/mol. The quantitative estimate of drug-likeness (QED) is 0.0400. The standard InChI is InChI=1S/C31H59N3O14/c1-6-31(21-42-18-24(35)11-32-13-27(38)45-7-2,22-43-19-25(36)12-33-14-28(39)46-8-3)23-44-20-26(37)15-34(16-29(40)47-9-4)17-30(41)48-10-5/h24-26,32-33,35-37H,6-23H2,1-5H3. The fourth-order valence-corrected chi connectivity index (χ4v) is 4.20. The molecular formula is C31H59N3O14. The summed E-state index contributed by atoms with van der Waals surface area (Å²) >= 11 is 0. The van der Waals surface area contributed by atoms with Gasteiger partial charge < -0.3 is 59.1 Å². The average Bonchev–Trinajstić information content (AvgIpc) is 3.01. The molecular weight excluding hydrogens is 638 g/mol. The lowest BCUT2D eigenvalue weighted by Crippen LogP contribution is -2.43. The monoisotopic (exact) mass is 697 g/mol. The number of carbonyl (C=O) groups excluding carboxylic acids is 4. The Bertz CT molecular complexity index is 825. The van der Waals surface area contributed by atoms with Gasteiger partial charge in [-0.3, -0.25) is 24.1 Å². The van der Waals surface area contributed by atoms with Crippen molar-refractivity contribution in [3.63, 3.8) is 0 Å². The zero-order chi connectivity index (χ0) is 36.2. The van der Waals surface area contributed by atoms with E-state index in [2.05, 4.69) is 10.6 Å². The Labute approximate surface area is 283 Å². The normalized spacial score (nSPS) is 14.5. The summed E-state index contributed by atoms with van der Waals surface area (Å²) in [5.74, 6) is -1.97. The second-order valence-corrected chi connectivity index (χ2v) is 11.0. The van der Waals surface area contributed by atoms with Crippen molar-refractivity contribution in [1.29, 1.82) is 0 Å². The summed E-state index contributed by atoms with van der Waals surface area (Å²) in [5.41, 5.74) is -0.759. The Morgan fingerprint density at radius 1 is 0.583 bits per heavy atom. The summed E-state index contributed by atoms with van der Waals surface area (Å²) in [6.07, 6.45) is -2.43. The molecule has 282 valence electrons. The number of hydrogen-bond donors (Lipinski definition) is 5. The van der Waals surface area contributed by atoms with Gasteiger partial charge in [0.2, 0.25) is 0 Å². The van der Waals surface area contributed by atoms with E-state index < -0.39 is 47.6 Å². The van der Waals surface area contributed by atoms with E-state index in [1.165, 1.54) is 4.90 Å². The van der Waals surface area contributed by atoms with Crippen molar-refractivity contribution in [1.82, 2.24) is 15.5 Å². The molecule has 0 aliphatic carbocycles. The van der Waals surface area contributed by atoms with Crippen molar-refractivity contribution in [3.05, 3.63) is 0 Å². The minimum absolute atomic E-state index is 0.0538. The number of rotatable bonds is 31. The predicted octanol–water partition coefficient (Wildman–Crippen LogP) is -1.75. The first-order chi connectivity index (χ1) is 22.9. The molecule has 0 bridgehead atoms. The Hall–Kier alpha value is -2.48. The number of nitrogens with one attached hydrogen (secondary N) is 2. The maximum atomic E-state index is 12.0. The van der Waals surface area contributed by atoms with Crippen molar-refractivity contribution in [2.24, 2.45) is 5.41 Å². The van der Waals surface area contributed by atoms with E-state index in [1.807, 2.05) is 6.92 Å². The van der Waals surface area contributed by atoms with Gasteiger partial charge in [0.05, 0.1) is 111 Å². The molecule has 0 aromatic heterocycles. The van der Waals surface area contributed by atoms with Gasteiger partial charge in [-0.05, 0) is 34.1 Å². The smallest absolute Gasteiger partial charge is 0.320 e. The van der Waals surface area contributed by atoms with E-state index in [9.17, 15) is 34.5 Å². The van der Waals surface area contributed by atoms with E-state index in [-0.39, 0.29) is 112 Å². The number of hydrogen-bond acceptors (Lipinski definition) is 17. The van der Waals surface area contributed by atoms with Crippen LogP contribution in [0.5, 0.6) is 0 Å². The molecule has 0 aromatic carbocycles. The van der Waals surface area contributed by atoms with Crippen LogP contribution in [0.15, 0.2) is 0 Å². The highest BCUT2D eigenvalue weighted by Crippen LogP contribution is 2.24. The molecule has 0 fully saturated rings. The summed E-state index contributed by atoms with van der Waals surface area (Å²) in [5, 5.41) is 36.9. The van der Waals surface area contributed by atoms with Crippen molar-refractivity contribution >= 4 is 23.9 Å². The second-order valence-electron chi connectivity index (χ2n) is 11.0. The summed E-state index contributed by atoms with van der Waals surface area (Å²) in [6, 6.07) is 0. The van der Waals surface area contributed by atoms with Crippen LogP contribution in [-0.4, -0.2) is 174 Å². The maximum Gasteiger partial charge on any atom is 0.320 e. The molecule has 0 aliphatic rings. The van der Waals surface area contributed by atoms with E-state index in [0.717, 1.165) is 0 Å². The van der Waals surface area contributed by atoms with Crippen LogP contribution in [0, 0.1) is 5.41 Å². The molecule has 0 radical (unpaired) electrons. The van der Waals surface area contributed by atoms with Crippen LogP contribution in [0.4, 0.5) is 0 Å². The van der Waals surface area contributed by atoms with Gasteiger partial charge in [-0.1, -0.05) is 6.92 Å². The Kier molecular flexibility index (Phi) is 26.9. The van der Waals surface area contributed by atoms with Crippen LogP contribution in [0.2, 0.25) is 0 Å². The third-order valence-corrected chi connectivity index (χ3v) is 6.60. The summed E-state index contributed by atoms with van der Waals surface area (Å²) in [7, 11) is 0. The molecule has 0 amide bonds. The largest absolute Gasteiger partial charge is 0.465 e. The van der Waals surface area contributed by atoms with Gasteiger partial charge >= 0.3 is 23.9 Å². The van der Waals surface area contributed by atoms with Gasteiger partial charge in [-0.15, -0.1) is 0 Å². The number of esters is 4. The number of nitrogens with zero attached hydrogens (tertiary/aromatic N) is 1. The molecule has 0 rings (SSSR count). The Morgan fingerprint density at radius 3 is 1.29 bits per heavy atom. The van der Waals surface area contributed by atoms with E-state index in [4.69, 9.17) is 33.2 Å². The Morgan fingerprint density at radius 2 is 0.938 bits per heavy atom. The lowest BCUT2D eigenvalue weighted by atomic mass is 9.88. The SMILES string of the molecule is CCOC(=O)CNCC(O)COCC(CC)(COCC(O)CNCC(=O)OCC)COCC(O)CN(CC(=O)OCC)CC(=O)OCC. The van der Waals surface area contributed by atoms with E-state index in [1.54, 1.807) is 27.7 Å². The third kappa shape index (κ3) is 23.8. The molecule has 17 nitrogen and oxygen atoms in total. The molecule has 0 heterocycles. The highest BCUT2D eigenvalue weighted by atomic mass is 16.5. The molecule has 3 atom stereocenters. The average molecular weight is 698 g/mol. The van der Waals surface area contributed by atoms with Gasteiger partial charge in [0.15, 0.2) is 0 Å². The van der Waals surface area contributed by atoms with Gasteiger partial charge in [0, 0.05) is 25.0 Å². The van der Waals surface area contributed by atoms with Crippen LogP contribution >= 0.6 is 0 Å². The summed E-state index contributed by atoms with van der Waals surface area (Å²) < 4.78 is 37.1. The van der Waals surface area contributed by atoms with Crippen LogP contribution in [0.1, 0.15) is 41.0 Å². The fourth-order valence-electron chi connectivity index (χ4n) is 4.20. The fraction of sp³-hybridized carbons (Fsp3) is 0.871. The highest BCUT2D eigenvalue weighted by molar-refractivity contribution is 5.75. The van der Waals surface area contributed by atoms with Gasteiger partial charge in [-0.2, -0.15) is 0 Å². The van der Waals surface area contributed by atoms with E-state index in [0.29, 0.717) is 6.42 Å². The van der Waals surface area contributed by atoms with Gasteiger partial charge in [-0.25, -0.2) is 0 Å². The van der Waals surface area contributed by atoms with Crippen LogP contribution in [0.25, 0.3) is 0 Å². The zero-order valence-corrected chi connectivity index (χ0v) is 29.2. The number of carbonyl (C=O) groups is 4. The molecule has 0 saturated heterocycles. The lowest BCUT2D eigenvalue weighted by molar-refractivity contribution is -0.149. The minimum atomic E-state index is -1.08. The first-order valence-electron chi connectivity index (χ1n) is 16.5. The molecule has 0 saturated carbocycles. The molecule has 0 aromatic rings. The minimum Gasteiger partial charge on any atom is -0.465 e. The van der Waals surface area contributed by atoms with Crippen molar-refractivity contribution in [2.75, 3.05) is 112 Å². The van der Waals surface area contributed by atoms with Crippen molar-refractivity contribution in [2.45, 2.75) is 59.4 Å². The molecule has 0 spiro atoms. The zero-order valence-electron chi connectivity index (χ0n) is 29.2. The summed E-state index contributed by atoms with van der Waals surface area (Å²) in [6.45, 7) is 9.00. The number of ether oxygens (including phenoxy) is 7. The Balaban J connectivity index is 5.23. The van der Waals surface area contributed by atoms with Gasteiger partial charge in [0.1, 0.15) is 0 Å². The lowest BCUT2D eigenvalue weighted by Gasteiger charge is -2.33. The van der Waals surface area contributed by atoms with Crippen LogP contribution < -0.4 is 10.6 Å². The van der Waals surface area contributed by atoms with Crippen molar-refractivity contribution in [3.8, 4) is 0 Å². The number of aliphatic hydroxyl groups excluding tert-OH is 3. The first kappa shape index (κ1) is 45.5. The van der Waals surface area contributed by atoms with Crippen LogP contribution in [-0.2, 0) is 52.3 Å². The van der Waals surface area contributed by atoms with Gasteiger partial charge in [0.25, 0.3) is 0 Å². The summed E-state index contributed by atoms with van der Waals surface area (Å²) in [4.78, 5) is 48.5. The second kappa shape index (κ2) is 28.4. The van der Waals surface area contributed by atoms with Crippen molar-refractivity contribution < 1.29 is 67.7 Å². The third-order valence-electron chi connectivity index (χ3n) is 6.60. The first-order valence-corrected chi connectivity index (χ1v) is 16.5. The molecule has 0 aliphatic heterocycles. The topological polar surface area (TPSA) is 221 Å².